The Kier molecular flexibility index (Phi) is 32.9. The Morgan fingerprint density at radius 1 is 0.635 bits per heavy atom. The smallest absolute Gasteiger partial charge is 0.472 e. The molecule has 12 heteroatoms. The highest BCUT2D eigenvalue weighted by Gasteiger charge is 2.28. The van der Waals surface area contributed by atoms with Gasteiger partial charge in [0, 0.05) is 12.8 Å². The van der Waals surface area contributed by atoms with E-state index in [4.69, 9.17) is 13.8 Å². The number of amides is 1. The SMILES string of the molecule is CC/C=C\C/C=C\C/C=C\C/C=C\C/C=C\CCCC(=O)OCC(O)COP(=O)(O)OCC(NC(=O)CCCCCCC/C=C\CCCC)C(=O)O. The maximum absolute atomic E-state index is 12.2. The van der Waals surface area contributed by atoms with Gasteiger partial charge in [-0.05, 0) is 70.6 Å². The Balaban J connectivity index is 4.06. The van der Waals surface area contributed by atoms with Crippen molar-refractivity contribution in [2.45, 2.75) is 142 Å². The summed E-state index contributed by atoms with van der Waals surface area (Å²) in [6.07, 6.45) is 39.5. The van der Waals surface area contributed by atoms with Crippen LogP contribution >= 0.6 is 7.82 Å². The van der Waals surface area contributed by atoms with Crippen molar-refractivity contribution in [3.8, 4) is 0 Å². The van der Waals surface area contributed by atoms with Crippen LogP contribution < -0.4 is 5.32 Å². The lowest BCUT2D eigenvalue weighted by Crippen LogP contribution is -2.43. The third kappa shape index (κ3) is 34.0. The second-order valence-electron chi connectivity index (χ2n) is 12.4. The predicted octanol–water partition coefficient (Wildman–Crippen LogP) is 8.99. The molecule has 4 N–H and O–H groups in total. The highest BCUT2D eigenvalue weighted by atomic mass is 31.2. The van der Waals surface area contributed by atoms with Gasteiger partial charge in [0.1, 0.15) is 12.7 Å². The van der Waals surface area contributed by atoms with Gasteiger partial charge >= 0.3 is 19.8 Å². The number of carbonyl (C=O) groups is 3. The minimum atomic E-state index is -4.77. The van der Waals surface area contributed by atoms with E-state index in [0.29, 0.717) is 19.3 Å². The molecule has 0 aliphatic rings. The Hall–Kier alpha value is -3.08. The molecule has 0 aliphatic carbocycles. The lowest BCUT2D eigenvalue weighted by Gasteiger charge is -2.18. The van der Waals surface area contributed by atoms with Gasteiger partial charge in [0.05, 0.1) is 13.2 Å². The first-order valence-electron chi connectivity index (χ1n) is 19.0. The fourth-order valence-electron chi connectivity index (χ4n) is 4.51. The Labute approximate surface area is 312 Å². The number of ether oxygens (including phenoxy) is 1. The summed E-state index contributed by atoms with van der Waals surface area (Å²) < 4.78 is 26.6. The normalized spacial score (nSPS) is 14.7. The van der Waals surface area contributed by atoms with Gasteiger partial charge in [-0.2, -0.15) is 0 Å². The molecule has 0 aromatic heterocycles. The minimum Gasteiger partial charge on any atom is -0.480 e. The van der Waals surface area contributed by atoms with E-state index in [1.165, 1.54) is 12.8 Å². The summed E-state index contributed by atoms with van der Waals surface area (Å²) in [6, 6.07) is -1.56. The van der Waals surface area contributed by atoms with Crippen LogP contribution in [-0.2, 0) is 32.7 Å². The van der Waals surface area contributed by atoms with E-state index in [2.05, 4.69) is 79.9 Å². The number of esters is 1. The summed E-state index contributed by atoms with van der Waals surface area (Å²) in [6.45, 7) is 2.33. The summed E-state index contributed by atoms with van der Waals surface area (Å²) in [5.74, 6) is -2.47. The van der Waals surface area contributed by atoms with Crippen LogP contribution in [-0.4, -0.2) is 64.9 Å². The largest absolute Gasteiger partial charge is 0.480 e. The minimum absolute atomic E-state index is 0.127. The molecule has 0 heterocycles. The van der Waals surface area contributed by atoms with Crippen LogP contribution in [0.4, 0.5) is 0 Å². The highest BCUT2D eigenvalue weighted by Crippen LogP contribution is 2.43. The highest BCUT2D eigenvalue weighted by molar-refractivity contribution is 7.47. The zero-order chi connectivity index (χ0) is 38.5. The molecule has 0 aliphatic heterocycles. The van der Waals surface area contributed by atoms with Crippen molar-refractivity contribution in [2.75, 3.05) is 19.8 Å². The topological polar surface area (TPSA) is 169 Å². The van der Waals surface area contributed by atoms with Gasteiger partial charge in [-0.1, -0.05) is 119 Å². The summed E-state index contributed by atoms with van der Waals surface area (Å²) in [7, 11) is -4.77. The molecule has 0 aromatic carbocycles. The molecule has 3 atom stereocenters. The van der Waals surface area contributed by atoms with E-state index in [0.717, 1.165) is 70.6 Å². The van der Waals surface area contributed by atoms with Crippen molar-refractivity contribution >= 4 is 25.7 Å². The van der Waals surface area contributed by atoms with Crippen molar-refractivity contribution < 1.29 is 47.8 Å². The van der Waals surface area contributed by atoms with Crippen LogP contribution in [0.25, 0.3) is 0 Å². The van der Waals surface area contributed by atoms with Crippen LogP contribution in [0.15, 0.2) is 72.9 Å². The number of rotatable bonds is 34. The van der Waals surface area contributed by atoms with Crippen molar-refractivity contribution in [1.29, 1.82) is 0 Å². The Morgan fingerprint density at radius 3 is 1.73 bits per heavy atom. The molecule has 0 rings (SSSR count). The van der Waals surface area contributed by atoms with Gasteiger partial charge in [0.15, 0.2) is 6.04 Å². The summed E-state index contributed by atoms with van der Waals surface area (Å²) in [4.78, 5) is 45.6. The lowest BCUT2D eigenvalue weighted by atomic mass is 10.1. The number of carboxylic acid groups (broad SMARTS) is 1. The number of hydrogen-bond donors (Lipinski definition) is 4. The zero-order valence-corrected chi connectivity index (χ0v) is 32.5. The van der Waals surface area contributed by atoms with Gasteiger partial charge in [-0.25, -0.2) is 9.36 Å². The lowest BCUT2D eigenvalue weighted by molar-refractivity contribution is -0.147. The fourth-order valence-corrected chi connectivity index (χ4v) is 5.28. The molecule has 0 saturated heterocycles. The van der Waals surface area contributed by atoms with Gasteiger partial charge in [-0.15, -0.1) is 0 Å². The second kappa shape index (κ2) is 35.0. The number of nitrogens with one attached hydrogen (secondary N) is 1. The van der Waals surface area contributed by atoms with Crippen molar-refractivity contribution in [1.82, 2.24) is 5.32 Å². The molecular weight excluding hydrogens is 685 g/mol. The van der Waals surface area contributed by atoms with E-state index in [9.17, 15) is 34.1 Å². The summed E-state index contributed by atoms with van der Waals surface area (Å²) in [5, 5.41) is 21.7. The van der Waals surface area contributed by atoms with Gasteiger partial charge in [0.25, 0.3) is 0 Å². The molecule has 0 spiro atoms. The fraction of sp³-hybridized carbons (Fsp3) is 0.625. The number of allylic oxidation sites excluding steroid dienone is 12. The number of aliphatic carboxylic acids is 1. The number of phosphoric acid groups is 1. The average molecular weight is 752 g/mol. The van der Waals surface area contributed by atoms with Crippen LogP contribution in [0.3, 0.4) is 0 Å². The van der Waals surface area contributed by atoms with Crippen LogP contribution in [0, 0.1) is 0 Å². The molecule has 3 unspecified atom stereocenters. The zero-order valence-electron chi connectivity index (χ0n) is 31.6. The van der Waals surface area contributed by atoms with E-state index >= 15 is 0 Å². The maximum atomic E-state index is 12.2. The third-order valence-electron chi connectivity index (χ3n) is 7.48. The first-order chi connectivity index (χ1) is 25.1. The van der Waals surface area contributed by atoms with Crippen LogP contribution in [0.1, 0.15) is 129 Å². The molecule has 0 fully saturated rings. The molecule has 0 radical (unpaired) electrons. The molecule has 11 nitrogen and oxygen atoms in total. The molecular formula is C40H66NO10P. The van der Waals surface area contributed by atoms with Crippen molar-refractivity contribution in [2.24, 2.45) is 0 Å². The third-order valence-corrected chi connectivity index (χ3v) is 8.43. The summed E-state index contributed by atoms with van der Waals surface area (Å²) >= 11 is 0. The first-order valence-corrected chi connectivity index (χ1v) is 20.5. The molecule has 296 valence electrons. The van der Waals surface area contributed by atoms with E-state index in [1.807, 2.05) is 12.2 Å². The summed E-state index contributed by atoms with van der Waals surface area (Å²) in [5.41, 5.74) is 0. The van der Waals surface area contributed by atoms with Gasteiger partial charge in [-0.3, -0.25) is 18.6 Å². The number of hydrogen-bond acceptors (Lipinski definition) is 8. The molecule has 1 amide bonds. The number of carbonyl (C=O) groups excluding carboxylic acids is 2. The number of aliphatic hydroxyl groups excluding tert-OH is 1. The van der Waals surface area contributed by atoms with Crippen LogP contribution in [0.2, 0.25) is 0 Å². The first kappa shape index (κ1) is 48.9. The molecule has 0 saturated carbocycles. The molecule has 52 heavy (non-hydrogen) atoms. The number of unbranched alkanes of at least 4 members (excludes halogenated alkanes) is 8. The molecule has 0 aromatic rings. The van der Waals surface area contributed by atoms with Gasteiger partial charge in [0.2, 0.25) is 5.91 Å². The van der Waals surface area contributed by atoms with E-state index < -0.39 is 57.6 Å². The van der Waals surface area contributed by atoms with E-state index in [1.54, 1.807) is 0 Å². The quantitative estimate of drug-likeness (QED) is 0.0216. The standard InChI is InChI=1S/C40H66NO10P/c1-3-5-7-9-11-13-15-16-17-18-19-20-22-24-26-28-30-32-39(44)49-33-36(42)34-50-52(47,48)51-35-37(40(45)46)41-38(43)31-29-27-25-23-21-14-12-10-8-6-4-2/h5,7,10-13,16-17,19-20,24,26,36-37,42H,3-4,6,8-9,14-15,18,21-23,25,27-35H2,1-2H3,(H,41,43)(H,45,46)(H,47,48)/b7-5-,12-10-,13-11-,17-16-,20-19-,26-24-. The number of carboxylic acids is 1. The number of phosphoric ester groups is 1. The average Bonchev–Trinajstić information content (AvgIpc) is 3.11. The van der Waals surface area contributed by atoms with Crippen molar-refractivity contribution in [3.05, 3.63) is 72.9 Å². The maximum Gasteiger partial charge on any atom is 0.472 e. The number of aliphatic hydroxyl groups is 1. The van der Waals surface area contributed by atoms with Crippen molar-refractivity contribution in [3.63, 3.8) is 0 Å². The Morgan fingerprint density at radius 2 is 1.13 bits per heavy atom. The van der Waals surface area contributed by atoms with Crippen LogP contribution in [0.5, 0.6) is 0 Å². The second-order valence-corrected chi connectivity index (χ2v) is 13.8. The monoisotopic (exact) mass is 751 g/mol. The van der Waals surface area contributed by atoms with E-state index in [-0.39, 0.29) is 12.8 Å². The predicted molar refractivity (Wildman–Crippen MR) is 208 cm³/mol. The Bertz CT molecular complexity index is 1160. The van der Waals surface area contributed by atoms with Gasteiger partial charge < -0.3 is 25.2 Å². The molecule has 0 bridgehead atoms.